The lowest BCUT2D eigenvalue weighted by Crippen LogP contribution is -2.23. The Labute approximate surface area is 62.1 Å². The van der Waals surface area contributed by atoms with E-state index in [0.29, 0.717) is 6.42 Å². The summed E-state index contributed by atoms with van der Waals surface area (Å²) in [6.45, 7) is 9.59. The minimum atomic E-state index is -0.270. The zero-order valence-corrected chi connectivity index (χ0v) is 6.90. The summed E-state index contributed by atoms with van der Waals surface area (Å²) >= 11 is 0. The Morgan fingerprint density at radius 2 is 2.00 bits per heavy atom. The molecule has 0 aromatic rings. The lowest BCUT2D eigenvalue weighted by molar-refractivity contribution is -0.119. The van der Waals surface area contributed by atoms with Crippen LogP contribution in [0.1, 0.15) is 27.2 Å². The molecule has 0 aliphatic heterocycles. The van der Waals surface area contributed by atoms with Gasteiger partial charge in [0, 0.05) is 6.42 Å². The molecule has 0 fully saturated rings. The van der Waals surface area contributed by atoms with E-state index >= 15 is 0 Å². The Hall–Kier alpha value is -0.790. The summed E-state index contributed by atoms with van der Waals surface area (Å²) in [5.41, 5.74) is 5.88. The highest BCUT2D eigenvalue weighted by atomic mass is 16.1. The van der Waals surface area contributed by atoms with Gasteiger partial charge in [0.15, 0.2) is 0 Å². The SMILES string of the molecule is C=C(C)C(C)(C)CC(N)=O. The molecule has 0 unspecified atom stereocenters. The quantitative estimate of drug-likeness (QED) is 0.594. The van der Waals surface area contributed by atoms with Gasteiger partial charge in [-0.05, 0) is 12.3 Å². The van der Waals surface area contributed by atoms with Crippen molar-refractivity contribution in [3.8, 4) is 0 Å². The number of primary amides is 1. The van der Waals surface area contributed by atoms with Crippen molar-refractivity contribution in [3.05, 3.63) is 12.2 Å². The van der Waals surface area contributed by atoms with E-state index in [-0.39, 0.29) is 11.3 Å². The van der Waals surface area contributed by atoms with Crippen molar-refractivity contribution in [1.29, 1.82) is 0 Å². The molecule has 0 saturated heterocycles. The summed E-state index contributed by atoms with van der Waals surface area (Å²) in [6.07, 6.45) is 0.377. The molecule has 58 valence electrons. The molecule has 0 rings (SSSR count). The van der Waals surface area contributed by atoms with E-state index in [2.05, 4.69) is 6.58 Å². The molecule has 2 heteroatoms. The van der Waals surface area contributed by atoms with E-state index in [1.165, 1.54) is 0 Å². The summed E-state index contributed by atoms with van der Waals surface area (Å²) in [4.78, 5) is 10.5. The average Bonchev–Trinajstić information content (AvgIpc) is 1.60. The number of allylic oxidation sites excluding steroid dienone is 1. The normalized spacial score (nSPS) is 11.1. The van der Waals surface area contributed by atoms with Crippen molar-refractivity contribution >= 4 is 5.91 Å². The lowest BCUT2D eigenvalue weighted by atomic mass is 9.83. The van der Waals surface area contributed by atoms with Crippen molar-refractivity contribution in [2.75, 3.05) is 0 Å². The van der Waals surface area contributed by atoms with Crippen LogP contribution in [0.15, 0.2) is 12.2 Å². The summed E-state index contributed by atoms with van der Waals surface area (Å²) in [6, 6.07) is 0. The number of rotatable bonds is 3. The average molecular weight is 141 g/mol. The first-order chi connectivity index (χ1) is 4.36. The highest BCUT2D eigenvalue weighted by Gasteiger charge is 2.20. The Kier molecular flexibility index (Phi) is 2.64. The minimum Gasteiger partial charge on any atom is -0.370 e. The van der Waals surface area contributed by atoms with Gasteiger partial charge >= 0.3 is 0 Å². The van der Waals surface area contributed by atoms with Crippen LogP contribution in [0.2, 0.25) is 0 Å². The van der Waals surface area contributed by atoms with Crippen LogP contribution in [0.5, 0.6) is 0 Å². The van der Waals surface area contributed by atoms with Gasteiger partial charge in [-0.3, -0.25) is 4.79 Å². The van der Waals surface area contributed by atoms with Crippen LogP contribution in [0.3, 0.4) is 0 Å². The first-order valence-corrected chi connectivity index (χ1v) is 3.30. The van der Waals surface area contributed by atoms with Crippen molar-refractivity contribution in [1.82, 2.24) is 0 Å². The first-order valence-electron chi connectivity index (χ1n) is 3.30. The first kappa shape index (κ1) is 9.21. The van der Waals surface area contributed by atoms with Crippen LogP contribution in [0.4, 0.5) is 0 Å². The lowest BCUT2D eigenvalue weighted by Gasteiger charge is -2.22. The Balaban J connectivity index is 4.13. The highest BCUT2D eigenvalue weighted by Crippen LogP contribution is 2.27. The number of hydrogen-bond acceptors (Lipinski definition) is 1. The molecule has 0 spiro atoms. The van der Waals surface area contributed by atoms with Gasteiger partial charge in [0.2, 0.25) is 5.91 Å². The molecule has 0 bridgehead atoms. The van der Waals surface area contributed by atoms with E-state index in [4.69, 9.17) is 5.73 Å². The fourth-order valence-electron chi connectivity index (χ4n) is 0.586. The molecule has 0 aromatic carbocycles. The second-order valence-corrected chi connectivity index (χ2v) is 3.31. The third kappa shape index (κ3) is 2.67. The molecule has 0 aromatic heterocycles. The van der Waals surface area contributed by atoms with Crippen LogP contribution < -0.4 is 5.73 Å². The molecule has 0 aliphatic rings. The van der Waals surface area contributed by atoms with Gasteiger partial charge in [0.05, 0.1) is 0 Å². The zero-order valence-electron chi connectivity index (χ0n) is 6.90. The van der Waals surface area contributed by atoms with E-state index in [9.17, 15) is 4.79 Å². The number of carbonyl (C=O) groups is 1. The maximum Gasteiger partial charge on any atom is 0.218 e. The number of carbonyl (C=O) groups excluding carboxylic acids is 1. The maximum absolute atomic E-state index is 10.5. The van der Waals surface area contributed by atoms with Crippen LogP contribution in [0, 0.1) is 5.41 Å². The van der Waals surface area contributed by atoms with Gasteiger partial charge in [-0.1, -0.05) is 26.0 Å². The third-order valence-corrected chi connectivity index (χ3v) is 1.77. The van der Waals surface area contributed by atoms with E-state index in [0.717, 1.165) is 5.57 Å². The maximum atomic E-state index is 10.5. The van der Waals surface area contributed by atoms with E-state index in [1.807, 2.05) is 20.8 Å². The summed E-state index contributed by atoms with van der Waals surface area (Å²) in [7, 11) is 0. The fourth-order valence-corrected chi connectivity index (χ4v) is 0.586. The molecule has 0 heterocycles. The summed E-state index contributed by atoms with van der Waals surface area (Å²) in [5.74, 6) is -0.270. The number of hydrogen-bond donors (Lipinski definition) is 1. The van der Waals surface area contributed by atoms with Crippen LogP contribution in [-0.2, 0) is 4.79 Å². The molecule has 1 amide bonds. The second-order valence-electron chi connectivity index (χ2n) is 3.31. The Bertz CT molecular complexity index is 159. The standard InChI is InChI=1S/C8H15NO/c1-6(2)8(3,4)5-7(9)10/h1,5H2,2-4H3,(H2,9,10). The Morgan fingerprint density at radius 1 is 1.60 bits per heavy atom. The topological polar surface area (TPSA) is 43.1 Å². The van der Waals surface area contributed by atoms with Gasteiger partial charge in [0.25, 0.3) is 0 Å². The van der Waals surface area contributed by atoms with Crippen LogP contribution in [-0.4, -0.2) is 5.91 Å². The fraction of sp³-hybridized carbons (Fsp3) is 0.625. The predicted octanol–water partition coefficient (Wildman–Crippen LogP) is 1.46. The van der Waals surface area contributed by atoms with Crippen molar-refractivity contribution in [2.45, 2.75) is 27.2 Å². The van der Waals surface area contributed by atoms with Gasteiger partial charge in [-0.2, -0.15) is 0 Å². The second kappa shape index (κ2) is 2.86. The zero-order chi connectivity index (χ0) is 8.36. The predicted molar refractivity (Wildman–Crippen MR) is 42.4 cm³/mol. The molecule has 0 radical (unpaired) electrons. The largest absolute Gasteiger partial charge is 0.370 e. The van der Waals surface area contributed by atoms with Gasteiger partial charge in [0.1, 0.15) is 0 Å². The molecule has 2 nitrogen and oxygen atoms in total. The Morgan fingerprint density at radius 3 is 2.10 bits per heavy atom. The van der Waals surface area contributed by atoms with Gasteiger partial charge in [-0.15, -0.1) is 0 Å². The van der Waals surface area contributed by atoms with Gasteiger partial charge in [-0.25, -0.2) is 0 Å². The summed E-state index contributed by atoms with van der Waals surface area (Å²) < 4.78 is 0. The molecular formula is C8H15NO. The minimum absolute atomic E-state index is 0.147. The van der Waals surface area contributed by atoms with Gasteiger partial charge < -0.3 is 5.73 Å². The molecule has 2 N–H and O–H groups in total. The van der Waals surface area contributed by atoms with Crippen molar-refractivity contribution < 1.29 is 4.79 Å². The van der Waals surface area contributed by atoms with Crippen LogP contribution >= 0.6 is 0 Å². The molecule has 0 atom stereocenters. The molecular weight excluding hydrogens is 126 g/mol. The molecule has 0 saturated carbocycles. The molecule has 10 heavy (non-hydrogen) atoms. The highest BCUT2D eigenvalue weighted by molar-refractivity contribution is 5.74. The van der Waals surface area contributed by atoms with Crippen molar-refractivity contribution in [2.24, 2.45) is 11.1 Å². The third-order valence-electron chi connectivity index (χ3n) is 1.77. The molecule has 0 aliphatic carbocycles. The number of nitrogens with two attached hydrogens (primary N) is 1. The monoisotopic (exact) mass is 141 g/mol. The smallest absolute Gasteiger partial charge is 0.218 e. The van der Waals surface area contributed by atoms with Crippen LogP contribution in [0.25, 0.3) is 0 Å². The van der Waals surface area contributed by atoms with Crippen molar-refractivity contribution in [3.63, 3.8) is 0 Å². The van der Waals surface area contributed by atoms with E-state index < -0.39 is 0 Å². The summed E-state index contributed by atoms with van der Waals surface area (Å²) in [5, 5.41) is 0. The number of amides is 1. The van der Waals surface area contributed by atoms with E-state index in [1.54, 1.807) is 0 Å².